The Bertz CT molecular complexity index is 1150. The largest absolute Gasteiger partial charge is 0.325 e. The van der Waals surface area contributed by atoms with Gasteiger partial charge in [0.2, 0.25) is 0 Å². The van der Waals surface area contributed by atoms with Crippen LogP contribution in [0, 0.1) is 0 Å². The Balaban J connectivity index is 1.62. The lowest BCUT2D eigenvalue weighted by Crippen LogP contribution is -2.03. The predicted molar refractivity (Wildman–Crippen MR) is 89.4 cm³/mol. The van der Waals surface area contributed by atoms with Crippen molar-refractivity contribution in [1.82, 2.24) is 34.3 Å². The third kappa shape index (κ3) is 1.91. The molecule has 0 bridgehead atoms. The number of hydrogen-bond donors (Lipinski definition) is 1. The van der Waals surface area contributed by atoms with E-state index in [2.05, 4.69) is 35.9 Å². The van der Waals surface area contributed by atoms with E-state index < -0.39 is 0 Å². The summed E-state index contributed by atoms with van der Waals surface area (Å²) < 4.78 is 3.98. The van der Waals surface area contributed by atoms with Crippen molar-refractivity contribution in [2.24, 2.45) is 0 Å². The quantitative estimate of drug-likeness (QED) is 0.555. The average Bonchev–Trinajstić information content (AvgIpc) is 3.33. The molecule has 7 nitrogen and oxygen atoms in total. The molecule has 0 saturated heterocycles. The normalized spacial score (nSPS) is 11.5. The van der Waals surface area contributed by atoms with Crippen molar-refractivity contribution in [2.75, 3.05) is 0 Å². The third-order valence-electron chi connectivity index (χ3n) is 4.13. The third-order valence-corrected chi connectivity index (χ3v) is 4.13. The average molecular weight is 315 g/mol. The molecule has 7 heteroatoms. The topological polar surface area (TPSA) is 76.7 Å². The Morgan fingerprint density at radius 3 is 2.96 bits per heavy atom. The van der Waals surface area contributed by atoms with Crippen LogP contribution < -0.4 is 0 Å². The van der Waals surface area contributed by atoms with Gasteiger partial charge in [0.25, 0.3) is 0 Å². The molecule has 0 atom stereocenters. The van der Waals surface area contributed by atoms with E-state index in [4.69, 9.17) is 0 Å². The number of H-pyrrole nitrogens is 1. The fourth-order valence-electron chi connectivity index (χ4n) is 3.02. The molecule has 5 rings (SSSR count). The molecule has 0 spiro atoms. The highest BCUT2D eigenvalue weighted by Crippen LogP contribution is 2.24. The summed E-state index contributed by atoms with van der Waals surface area (Å²) in [5.41, 5.74) is 3.84. The van der Waals surface area contributed by atoms with Gasteiger partial charge in [0.05, 0.1) is 12.1 Å². The highest BCUT2D eigenvalue weighted by atomic mass is 15.2. The van der Waals surface area contributed by atoms with Crippen LogP contribution >= 0.6 is 0 Å². The first-order chi connectivity index (χ1) is 11.9. The lowest BCUT2D eigenvalue weighted by molar-refractivity contribution is 0.800. The van der Waals surface area contributed by atoms with E-state index in [1.165, 1.54) is 5.56 Å². The van der Waals surface area contributed by atoms with Gasteiger partial charge in [-0.15, -0.1) is 0 Å². The van der Waals surface area contributed by atoms with Gasteiger partial charge in [-0.2, -0.15) is 10.2 Å². The van der Waals surface area contributed by atoms with E-state index in [1.54, 1.807) is 12.4 Å². The number of nitrogens with one attached hydrogen (secondary N) is 1. The Morgan fingerprint density at radius 1 is 0.958 bits per heavy atom. The maximum absolute atomic E-state index is 4.51. The summed E-state index contributed by atoms with van der Waals surface area (Å²) in [6.07, 6.45) is 9.26. The zero-order valence-corrected chi connectivity index (χ0v) is 12.7. The number of aromatic nitrogens is 7. The minimum Gasteiger partial charge on any atom is -0.325 e. The molecular weight excluding hydrogens is 302 g/mol. The molecule has 0 fully saturated rings. The van der Waals surface area contributed by atoms with Gasteiger partial charge in [0.15, 0.2) is 11.5 Å². The Morgan fingerprint density at radius 2 is 1.96 bits per heavy atom. The molecular formula is C17H13N7. The van der Waals surface area contributed by atoms with Crippen LogP contribution in [0.25, 0.3) is 28.1 Å². The van der Waals surface area contributed by atoms with Crippen LogP contribution in [0.3, 0.4) is 0 Å². The predicted octanol–water partition coefficient (Wildman–Crippen LogP) is 2.52. The molecule has 0 aliphatic rings. The van der Waals surface area contributed by atoms with Gasteiger partial charge in [-0.25, -0.2) is 14.5 Å². The molecule has 0 unspecified atom stereocenters. The number of nitrogens with zero attached hydrogens (tertiary/aromatic N) is 6. The van der Waals surface area contributed by atoms with Gasteiger partial charge in [-0.1, -0.05) is 6.07 Å². The van der Waals surface area contributed by atoms with Crippen LogP contribution in [-0.4, -0.2) is 34.3 Å². The van der Waals surface area contributed by atoms with E-state index >= 15 is 0 Å². The van der Waals surface area contributed by atoms with Gasteiger partial charge >= 0.3 is 0 Å². The molecule has 5 aromatic heterocycles. The second-order valence-electron chi connectivity index (χ2n) is 5.55. The van der Waals surface area contributed by atoms with Gasteiger partial charge in [0.1, 0.15) is 5.69 Å². The van der Waals surface area contributed by atoms with E-state index in [0.29, 0.717) is 12.2 Å². The molecule has 0 radical (unpaired) electrons. The maximum Gasteiger partial charge on any atom is 0.181 e. The maximum atomic E-state index is 4.51. The summed E-state index contributed by atoms with van der Waals surface area (Å²) in [6, 6.07) is 10.0. The first-order valence-corrected chi connectivity index (χ1v) is 7.62. The van der Waals surface area contributed by atoms with Gasteiger partial charge < -0.3 is 4.57 Å². The van der Waals surface area contributed by atoms with Gasteiger partial charge in [0, 0.05) is 36.4 Å². The fraction of sp³-hybridized carbons (Fsp3) is 0.0588. The van der Waals surface area contributed by atoms with Crippen molar-refractivity contribution in [3.8, 4) is 11.5 Å². The number of rotatable bonds is 3. The van der Waals surface area contributed by atoms with E-state index in [9.17, 15) is 0 Å². The molecule has 0 aromatic carbocycles. The molecule has 1 N–H and O–H groups in total. The first-order valence-electron chi connectivity index (χ1n) is 7.62. The molecule has 0 aliphatic carbocycles. The van der Waals surface area contributed by atoms with Crippen molar-refractivity contribution in [2.45, 2.75) is 6.54 Å². The second-order valence-corrected chi connectivity index (χ2v) is 5.55. The van der Waals surface area contributed by atoms with Crippen LogP contribution in [0.1, 0.15) is 5.56 Å². The number of hydrogen-bond acceptors (Lipinski definition) is 4. The van der Waals surface area contributed by atoms with E-state index in [1.807, 2.05) is 47.4 Å². The van der Waals surface area contributed by atoms with Crippen LogP contribution in [0.15, 0.2) is 61.3 Å². The van der Waals surface area contributed by atoms with Crippen LogP contribution in [0.5, 0.6) is 0 Å². The minimum atomic E-state index is 0.694. The standard InChI is InChI=1S/C17H13N7/c1-4-13-15(21-22-16(13)18-6-1)17-19-8-10-23(17)11-12-3-2-9-24-14(12)5-7-20-24/h1-10H,11H2,(H,18,21,22). The number of imidazole rings is 1. The van der Waals surface area contributed by atoms with E-state index in [-0.39, 0.29) is 0 Å². The number of fused-ring (bicyclic) bond motifs is 2. The minimum absolute atomic E-state index is 0.694. The lowest BCUT2D eigenvalue weighted by atomic mass is 10.2. The van der Waals surface area contributed by atoms with Crippen molar-refractivity contribution in [3.05, 3.63) is 66.9 Å². The summed E-state index contributed by atoms with van der Waals surface area (Å²) in [4.78, 5) is 8.78. The summed E-state index contributed by atoms with van der Waals surface area (Å²) in [6.45, 7) is 0.701. The van der Waals surface area contributed by atoms with E-state index in [0.717, 1.165) is 22.4 Å². The smallest absolute Gasteiger partial charge is 0.181 e. The molecule has 24 heavy (non-hydrogen) atoms. The van der Waals surface area contributed by atoms with Crippen LogP contribution in [-0.2, 0) is 6.54 Å². The van der Waals surface area contributed by atoms with Crippen LogP contribution in [0.4, 0.5) is 0 Å². The van der Waals surface area contributed by atoms with Gasteiger partial charge in [-0.05, 0) is 29.8 Å². The zero-order chi connectivity index (χ0) is 15.9. The Hall–Kier alpha value is -3.48. The van der Waals surface area contributed by atoms with Crippen molar-refractivity contribution >= 4 is 16.6 Å². The molecule has 0 amide bonds. The highest BCUT2D eigenvalue weighted by molar-refractivity contribution is 5.88. The molecule has 0 saturated carbocycles. The second kappa shape index (κ2) is 5.02. The molecule has 5 aromatic rings. The van der Waals surface area contributed by atoms with Crippen molar-refractivity contribution in [1.29, 1.82) is 0 Å². The summed E-state index contributed by atoms with van der Waals surface area (Å²) >= 11 is 0. The Kier molecular flexibility index (Phi) is 2.72. The van der Waals surface area contributed by atoms with Crippen molar-refractivity contribution in [3.63, 3.8) is 0 Å². The monoisotopic (exact) mass is 315 g/mol. The van der Waals surface area contributed by atoms with Crippen LogP contribution in [0.2, 0.25) is 0 Å². The zero-order valence-electron chi connectivity index (χ0n) is 12.7. The molecule has 116 valence electrons. The van der Waals surface area contributed by atoms with Crippen molar-refractivity contribution < 1.29 is 0 Å². The highest BCUT2D eigenvalue weighted by Gasteiger charge is 2.14. The fourth-order valence-corrected chi connectivity index (χ4v) is 3.02. The SMILES string of the molecule is c1cnc2n[nH]c(-c3nccn3Cc3cccn4nccc34)c2c1. The summed E-state index contributed by atoms with van der Waals surface area (Å²) in [5, 5.41) is 12.6. The molecule has 5 heterocycles. The van der Waals surface area contributed by atoms with Gasteiger partial charge in [-0.3, -0.25) is 5.10 Å². The summed E-state index contributed by atoms with van der Waals surface area (Å²) in [7, 11) is 0. The molecule has 0 aliphatic heterocycles. The number of pyridine rings is 2. The lowest BCUT2D eigenvalue weighted by Gasteiger charge is -2.08. The summed E-state index contributed by atoms with van der Waals surface area (Å²) in [5.74, 6) is 0.840. The Labute approximate surface area is 136 Å². The number of aromatic amines is 1. The first kappa shape index (κ1) is 13.0.